The number of aromatic nitrogens is 3. The topological polar surface area (TPSA) is 51.0 Å². The molecule has 3 aromatic rings. The van der Waals surface area contributed by atoms with Crippen molar-refractivity contribution in [2.24, 2.45) is 0 Å². The molecule has 0 spiro atoms. The highest BCUT2D eigenvalue weighted by Crippen LogP contribution is 2.33. The van der Waals surface area contributed by atoms with Crippen molar-refractivity contribution in [1.29, 1.82) is 0 Å². The van der Waals surface area contributed by atoms with Gasteiger partial charge in [0.1, 0.15) is 5.69 Å². The molecule has 0 fully saturated rings. The van der Waals surface area contributed by atoms with Crippen molar-refractivity contribution >= 4 is 35.0 Å². The maximum Gasteiger partial charge on any atom is 0.228 e. The van der Waals surface area contributed by atoms with Gasteiger partial charge in [-0.15, -0.1) is 0 Å². The van der Waals surface area contributed by atoms with Gasteiger partial charge >= 0.3 is 0 Å². The van der Waals surface area contributed by atoms with Crippen LogP contribution in [0.2, 0.25) is 5.15 Å². The Bertz CT molecular complexity index is 886. The van der Waals surface area contributed by atoms with Crippen LogP contribution in [-0.2, 0) is 4.79 Å². The summed E-state index contributed by atoms with van der Waals surface area (Å²) in [6.45, 7) is 2.46. The molecule has 0 radical (unpaired) electrons. The third kappa shape index (κ3) is 4.51. The normalized spacial score (nSPS) is 12.0. The first-order valence-electron chi connectivity index (χ1n) is 8.67. The lowest BCUT2D eigenvalue weighted by Crippen LogP contribution is -2.31. The fourth-order valence-corrected chi connectivity index (χ4v) is 3.87. The van der Waals surface area contributed by atoms with Crippen LogP contribution in [0.5, 0.6) is 0 Å². The number of pyridine rings is 1. The van der Waals surface area contributed by atoms with Crippen molar-refractivity contribution < 1.29 is 4.79 Å². The number of amides is 1. The number of hydrogen-bond donors (Lipinski definition) is 0. The zero-order valence-corrected chi connectivity index (χ0v) is 16.8. The molecular formula is C20H21ClN4OS. The number of carbonyl (C=O) groups is 1. The summed E-state index contributed by atoms with van der Waals surface area (Å²) in [5, 5.41) is 4.73. The van der Waals surface area contributed by atoms with E-state index in [0.717, 1.165) is 11.3 Å². The Morgan fingerprint density at radius 2 is 2.04 bits per heavy atom. The van der Waals surface area contributed by atoms with Gasteiger partial charge < -0.3 is 4.90 Å². The molecule has 0 aliphatic heterocycles. The SMILES string of the molecule is CCN(C(=O)CC(SC)c1ccccc1)c1cn(-c2cccnc2)nc1Cl. The fraction of sp³-hybridized carbons (Fsp3) is 0.250. The molecule has 2 aromatic heterocycles. The Kier molecular flexibility index (Phi) is 6.53. The maximum absolute atomic E-state index is 13.0. The van der Waals surface area contributed by atoms with Crippen LogP contribution < -0.4 is 4.90 Å². The molecule has 1 atom stereocenters. The molecule has 0 N–H and O–H groups in total. The minimum Gasteiger partial charge on any atom is -0.308 e. The van der Waals surface area contributed by atoms with Gasteiger partial charge in [-0.3, -0.25) is 9.78 Å². The van der Waals surface area contributed by atoms with Crippen LogP contribution in [0.25, 0.3) is 5.69 Å². The van der Waals surface area contributed by atoms with E-state index in [2.05, 4.69) is 22.2 Å². The van der Waals surface area contributed by atoms with E-state index in [1.54, 1.807) is 39.9 Å². The van der Waals surface area contributed by atoms with Crippen molar-refractivity contribution in [3.8, 4) is 5.69 Å². The first-order chi connectivity index (χ1) is 13.1. The second-order valence-electron chi connectivity index (χ2n) is 5.94. The largest absolute Gasteiger partial charge is 0.308 e. The third-order valence-electron chi connectivity index (χ3n) is 4.29. The molecule has 3 rings (SSSR count). The highest BCUT2D eigenvalue weighted by molar-refractivity contribution is 7.98. The van der Waals surface area contributed by atoms with E-state index in [9.17, 15) is 4.79 Å². The van der Waals surface area contributed by atoms with E-state index in [4.69, 9.17) is 11.6 Å². The fourth-order valence-electron chi connectivity index (χ4n) is 2.90. The van der Waals surface area contributed by atoms with Gasteiger partial charge in [0, 0.05) is 24.4 Å². The Morgan fingerprint density at radius 1 is 1.26 bits per heavy atom. The van der Waals surface area contributed by atoms with Gasteiger partial charge in [-0.1, -0.05) is 41.9 Å². The minimum absolute atomic E-state index is 0.0216. The van der Waals surface area contributed by atoms with Gasteiger partial charge in [0.05, 0.1) is 18.1 Å². The molecule has 0 saturated heterocycles. The molecule has 27 heavy (non-hydrogen) atoms. The molecule has 2 heterocycles. The molecule has 7 heteroatoms. The van der Waals surface area contributed by atoms with Gasteiger partial charge in [-0.05, 0) is 30.9 Å². The minimum atomic E-state index is 0.0216. The lowest BCUT2D eigenvalue weighted by atomic mass is 10.1. The Labute approximate surface area is 168 Å². The van der Waals surface area contributed by atoms with Crippen LogP contribution in [0.4, 0.5) is 5.69 Å². The van der Waals surface area contributed by atoms with Crippen molar-refractivity contribution in [1.82, 2.24) is 14.8 Å². The summed E-state index contributed by atoms with van der Waals surface area (Å²) in [6, 6.07) is 13.8. The number of halogens is 1. The van der Waals surface area contributed by atoms with E-state index >= 15 is 0 Å². The van der Waals surface area contributed by atoms with Crippen LogP contribution in [0.15, 0.2) is 61.1 Å². The van der Waals surface area contributed by atoms with Crippen molar-refractivity contribution in [2.45, 2.75) is 18.6 Å². The summed E-state index contributed by atoms with van der Waals surface area (Å²) in [4.78, 5) is 18.8. The van der Waals surface area contributed by atoms with Crippen LogP contribution in [0, 0.1) is 0 Å². The molecule has 0 aliphatic carbocycles. The van der Waals surface area contributed by atoms with E-state index in [0.29, 0.717) is 23.8 Å². The second-order valence-corrected chi connectivity index (χ2v) is 7.34. The van der Waals surface area contributed by atoms with Gasteiger partial charge in [-0.25, -0.2) is 4.68 Å². The summed E-state index contributed by atoms with van der Waals surface area (Å²) < 4.78 is 1.64. The molecule has 1 aromatic carbocycles. The van der Waals surface area contributed by atoms with Crippen molar-refractivity contribution in [3.63, 3.8) is 0 Å². The lowest BCUT2D eigenvalue weighted by Gasteiger charge is -2.22. The van der Waals surface area contributed by atoms with Crippen LogP contribution >= 0.6 is 23.4 Å². The maximum atomic E-state index is 13.0. The van der Waals surface area contributed by atoms with E-state index in [-0.39, 0.29) is 11.2 Å². The lowest BCUT2D eigenvalue weighted by molar-refractivity contribution is -0.118. The Hall–Kier alpha value is -2.31. The number of rotatable bonds is 7. The highest BCUT2D eigenvalue weighted by atomic mass is 35.5. The number of hydrogen-bond acceptors (Lipinski definition) is 4. The molecule has 1 unspecified atom stereocenters. The number of nitrogens with zero attached hydrogens (tertiary/aromatic N) is 4. The summed E-state index contributed by atoms with van der Waals surface area (Å²) in [6.07, 6.45) is 7.59. The molecule has 0 saturated carbocycles. The first-order valence-corrected chi connectivity index (χ1v) is 10.3. The summed E-state index contributed by atoms with van der Waals surface area (Å²) >= 11 is 8.02. The monoisotopic (exact) mass is 400 g/mol. The average Bonchev–Trinajstić information content (AvgIpc) is 3.09. The predicted octanol–water partition coefficient (Wildman–Crippen LogP) is 4.77. The number of carbonyl (C=O) groups excluding carboxylic acids is 1. The van der Waals surface area contributed by atoms with Gasteiger partial charge in [0.15, 0.2) is 5.15 Å². The summed E-state index contributed by atoms with van der Waals surface area (Å²) in [5.74, 6) is 0.0216. The second kappa shape index (κ2) is 9.06. The first kappa shape index (κ1) is 19.5. The predicted molar refractivity (Wildman–Crippen MR) is 112 cm³/mol. The van der Waals surface area contributed by atoms with Crippen LogP contribution in [0.3, 0.4) is 0 Å². The van der Waals surface area contributed by atoms with Gasteiger partial charge in [0.2, 0.25) is 5.91 Å². The number of benzene rings is 1. The number of thioether (sulfide) groups is 1. The zero-order chi connectivity index (χ0) is 19.2. The van der Waals surface area contributed by atoms with Gasteiger partial charge in [-0.2, -0.15) is 16.9 Å². The summed E-state index contributed by atoms with van der Waals surface area (Å²) in [5.41, 5.74) is 2.55. The Balaban J connectivity index is 1.82. The van der Waals surface area contributed by atoms with Crippen LogP contribution in [-0.4, -0.2) is 33.5 Å². The molecule has 0 bridgehead atoms. The average molecular weight is 401 g/mol. The molecule has 5 nitrogen and oxygen atoms in total. The Morgan fingerprint density at radius 3 is 2.67 bits per heavy atom. The molecule has 1 amide bonds. The van der Waals surface area contributed by atoms with E-state index in [1.807, 2.05) is 43.5 Å². The van der Waals surface area contributed by atoms with Crippen molar-refractivity contribution in [2.75, 3.05) is 17.7 Å². The van der Waals surface area contributed by atoms with Gasteiger partial charge in [0.25, 0.3) is 0 Å². The third-order valence-corrected chi connectivity index (χ3v) is 5.56. The molecule has 140 valence electrons. The quantitative estimate of drug-likeness (QED) is 0.573. The smallest absolute Gasteiger partial charge is 0.228 e. The zero-order valence-electron chi connectivity index (χ0n) is 15.2. The van der Waals surface area contributed by atoms with Crippen molar-refractivity contribution in [3.05, 3.63) is 71.8 Å². The van der Waals surface area contributed by atoms with E-state index in [1.165, 1.54) is 0 Å². The summed E-state index contributed by atoms with van der Waals surface area (Å²) in [7, 11) is 0. The highest BCUT2D eigenvalue weighted by Gasteiger charge is 2.23. The van der Waals surface area contributed by atoms with Crippen LogP contribution in [0.1, 0.15) is 24.2 Å². The standard InChI is InChI=1S/C20H21ClN4OS/c1-3-24(19(26)12-18(27-2)15-8-5-4-6-9-15)17-14-25(23-20(17)21)16-10-7-11-22-13-16/h4-11,13-14,18H,3,12H2,1-2H3. The number of anilines is 1. The molecular weight excluding hydrogens is 380 g/mol. The molecule has 0 aliphatic rings. The van der Waals surface area contributed by atoms with E-state index < -0.39 is 0 Å².